The first kappa shape index (κ1) is 18.1. The number of hydrogen-bond acceptors (Lipinski definition) is 8. The Kier molecular flexibility index (Phi) is 6.81. The third-order valence-corrected chi connectivity index (χ3v) is 3.54. The van der Waals surface area contributed by atoms with Crippen molar-refractivity contribution in [3.05, 3.63) is 0 Å². The molecule has 8 nitrogen and oxygen atoms in total. The summed E-state index contributed by atoms with van der Waals surface area (Å²) in [6.07, 6.45) is -5.56. The van der Waals surface area contributed by atoms with E-state index in [-0.39, 0.29) is 0 Å². The Balaban J connectivity index is 3.08. The molecule has 1 aliphatic rings. The van der Waals surface area contributed by atoms with Gasteiger partial charge in [0, 0.05) is 25.2 Å². The molecule has 1 heterocycles. The van der Waals surface area contributed by atoms with Crippen LogP contribution >= 0.6 is 22.6 Å². The SMILES string of the molecule is CC(=O)O[C@H]1[C@@H](OC(C)=O)[C@@H](O)O[C@H](CI)[C@H]1OC(C)=O. The zero-order valence-electron chi connectivity index (χ0n) is 11.8. The van der Waals surface area contributed by atoms with Gasteiger partial charge in [-0.3, -0.25) is 14.4 Å². The average molecular weight is 416 g/mol. The van der Waals surface area contributed by atoms with Gasteiger partial charge in [0.1, 0.15) is 6.10 Å². The van der Waals surface area contributed by atoms with Gasteiger partial charge in [0.15, 0.2) is 24.6 Å². The third-order valence-electron chi connectivity index (χ3n) is 2.67. The van der Waals surface area contributed by atoms with Crippen molar-refractivity contribution in [2.75, 3.05) is 4.43 Å². The summed E-state index contributed by atoms with van der Waals surface area (Å²) >= 11 is 1.98. The lowest BCUT2D eigenvalue weighted by molar-refractivity contribution is -0.286. The first-order valence-electron chi connectivity index (χ1n) is 6.17. The molecule has 0 aromatic rings. The van der Waals surface area contributed by atoms with E-state index in [0.29, 0.717) is 4.43 Å². The second-order valence-corrected chi connectivity index (χ2v) is 5.32. The normalized spacial score (nSPS) is 32.1. The molecule has 1 N–H and O–H groups in total. The molecule has 9 heteroatoms. The lowest BCUT2D eigenvalue weighted by atomic mass is 9.99. The fourth-order valence-electron chi connectivity index (χ4n) is 2.00. The molecule has 0 amide bonds. The van der Waals surface area contributed by atoms with Crippen molar-refractivity contribution >= 4 is 40.5 Å². The van der Waals surface area contributed by atoms with Gasteiger partial charge in [-0.05, 0) is 0 Å². The highest BCUT2D eigenvalue weighted by Gasteiger charge is 2.50. The van der Waals surface area contributed by atoms with E-state index < -0.39 is 48.6 Å². The van der Waals surface area contributed by atoms with Crippen molar-refractivity contribution < 1.29 is 38.4 Å². The van der Waals surface area contributed by atoms with E-state index in [9.17, 15) is 19.5 Å². The Morgan fingerprint density at radius 1 is 0.952 bits per heavy atom. The quantitative estimate of drug-likeness (QED) is 0.294. The van der Waals surface area contributed by atoms with E-state index >= 15 is 0 Å². The summed E-state index contributed by atoms with van der Waals surface area (Å²) in [4.78, 5) is 33.6. The maximum absolute atomic E-state index is 11.2. The van der Waals surface area contributed by atoms with Crippen molar-refractivity contribution in [3.63, 3.8) is 0 Å². The van der Waals surface area contributed by atoms with Crippen molar-refractivity contribution in [2.45, 2.75) is 51.5 Å². The van der Waals surface area contributed by atoms with Crippen LogP contribution in [0.3, 0.4) is 0 Å². The molecule has 0 bridgehead atoms. The van der Waals surface area contributed by atoms with Crippen LogP contribution in [0, 0.1) is 0 Å². The number of alkyl halides is 1. The molecular formula is C12H17IO8. The molecule has 1 fully saturated rings. The minimum absolute atomic E-state index is 0.372. The number of rotatable bonds is 4. The summed E-state index contributed by atoms with van der Waals surface area (Å²) in [6, 6.07) is 0. The maximum Gasteiger partial charge on any atom is 0.303 e. The number of hydrogen-bond donors (Lipinski definition) is 1. The molecule has 0 aromatic heterocycles. The number of ether oxygens (including phenoxy) is 4. The largest absolute Gasteiger partial charge is 0.456 e. The molecule has 1 rings (SSSR count). The maximum atomic E-state index is 11.2. The number of aliphatic hydroxyl groups excluding tert-OH is 1. The van der Waals surface area contributed by atoms with Gasteiger partial charge >= 0.3 is 17.9 Å². The third kappa shape index (κ3) is 5.08. The van der Waals surface area contributed by atoms with Crippen LogP contribution in [0.5, 0.6) is 0 Å². The second-order valence-electron chi connectivity index (χ2n) is 4.44. The molecule has 21 heavy (non-hydrogen) atoms. The fraction of sp³-hybridized carbons (Fsp3) is 0.750. The van der Waals surface area contributed by atoms with Crippen LogP contribution in [0.25, 0.3) is 0 Å². The van der Waals surface area contributed by atoms with Crippen LogP contribution in [-0.2, 0) is 33.3 Å². The van der Waals surface area contributed by atoms with Crippen LogP contribution in [0.1, 0.15) is 20.8 Å². The molecule has 0 unspecified atom stereocenters. The summed E-state index contributed by atoms with van der Waals surface area (Å²) in [5.74, 6) is -1.95. The predicted molar refractivity (Wildman–Crippen MR) is 76.4 cm³/mol. The Bertz CT molecular complexity index is 412. The minimum atomic E-state index is -1.48. The Morgan fingerprint density at radius 3 is 1.81 bits per heavy atom. The molecule has 0 aliphatic carbocycles. The lowest BCUT2D eigenvalue weighted by Crippen LogP contribution is -2.61. The van der Waals surface area contributed by atoms with E-state index in [0.717, 1.165) is 13.8 Å². The predicted octanol–water partition coefficient (Wildman–Crippen LogP) is -0.0663. The van der Waals surface area contributed by atoms with Gasteiger partial charge in [-0.15, -0.1) is 0 Å². The number of carbonyl (C=O) groups is 3. The Labute approximate surface area is 135 Å². The van der Waals surface area contributed by atoms with Crippen LogP contribution in [0.2, 0.25) is 0 Å². The number of aliphatic hydroxyl groups is 1. The van der Waals surface area contributed by atoms with Gasteiger partial charge in [-0.2, -0.15) is 0 Å². The first-order chi connectivity index (χ1) is 9.76. The highest BCUT2D eigenvalue weighted by atomic mass is 127. The monoisotopic (exact) mass is 416 g/mol. The zero-order valence-corrected chi connectivity index (χ0v) is 13.9. The highest BCUT2D eigenvalue weighted by molar-refractivity contribution is 14.1. The molecule has 1 aliphatic heterocycles. The molecule has 0 radical (unpaired) electrons. The number of esters is 3. The minimum Gasteiger partial charge on any atom is -0.456 e. The second kappa shape index (κ2) is 7.90. The van der Waals surface area contributed by atoms with Crippen LogP contribution in [-0.4, -0.2) is 58.1 Å². The van der Waals surface area contributed by atoms with E-state index in [2.05, 4.69) is 0 Å². The molecule has 0 saturated carbocycles. The van der Waals surface area contributed by atoms with Crippen molar-refractivity contribution in [3.8, 4) is 0 Å². The van der Waals surface area contributed by atoms with Crippen LogP contribution in [0.15, 0.2) is 0 Å². The van der Waals surface area contributed by atoms with Gasteiger partial charge in [0.25, 0.3) is 0 Å². The summed E-state index contributed by atoms with van der Waals surface area (Å²) < 4.78 is 20.8. The molecule has 0 spiro atoms. The average Bonchev–Trinajstić information content (AvgIpc) is 2.35. The van der Waals surface area contributed by atoms with E-state index in [4.69, 9.17) is 18.9 Å². The Morgan fingerprint density at radius 2 is 1.38 bits per heavy atom. The molecule has 120 valence electrons. The standard InChI is InChI=1S/C12H17IO8/c1-5(14)18-9-8(4-13)21-12(17)11(20-7(3)16)10(9)19-6(2)15/h8-12,17H,4H2,1-3H3/t8-,9-,10-,11-,12+/m1/s1. The van der Waals surface area contributed by atoms with Crippen molar-refractivity contribution in [1.29, 1.82) is 0 Å². The smallest absolute Gasteiger partial charge is 0.303 e. The number of halogens is 1. The van der Waals surface area contributed by atoms with Crippen molar-refractivity contribution in [1.82, 2.24) is 0 Å². The van der Waals surface area contributed by atoms with Gasteiger partial charge in [-0.25, -0.2) is 0 Å². The van der Waals surface area contributed by atoms with Gasteiger partial charge < -0.3 is 24.1 Å². The highest BCUT2D eigenvalue weighted by Crippen LogP contribution is 2.28. The lowest BCUT2D eigenvalue weighted by Gasteiger charge is -2.42. The van der Waals surface area contributed by atoms with Gasteiger partial charge in [-0.1, -0.05) is 22.6 Å². The van der Waals surface area contributed by atoms with E-state index in [1.54, 1.807) is 0 Å². The summed E-state index contributed by atoms with van der Waals surface area (Å²) in [7, 11) is 0. The zero-order chi connectivity index (χ0) is 16.2. The fourth-order valence-corrected chi connectivity index (χ4v) is 2.70. The first-order valence-corrected chi connectivity index (χ1v) is 7.70. The van der Waals surface area contributed by atoms with Crippen LogP contribution < -0.4 is 0 Å². The van der Waals surface area contributed by atoms with E-state index in [1.807, 2.05) is 22.6 Å². The van der Waals surface area contributed by atoms with E-state index in [1.165, 1.54) is 6.92 Å². The summed E-state index contributed by atoms with van der Waals surface area (Å²) in [5.41, 5.74) is 0. The molecule has 1 saturated heterocycles. The Hall–Kier alpha value is -0.940. The molecule has 0 aromatic carbocycles. The van der Waals surface area contributed by atoms with Gasteiger partial charge in [0.2, 0.25) is 0 Å². The molecule has 5 atom stereocenters. The molecular weight excluding hydrogens is 399 g/mol. The number of carbonyl (C=O) groups excluding carboxylic acids is 3. The summed E-state index contributed by atoms with van der Waals surface area (Å²) in [5, 5.41) is 9.92. The van der Waals surface area contributed by atoms with Crippen molar-refractivity contribution in [2.24, 2.45) is 0 Å². The summed E-state index contributed by atoms with van der Waals surface area (Å²) in [6.45, 7) is 3.50. The van der Waals surface area contributed by atoms with Crippen LogP contribution in [0.4, 0.5) is 0 Å². The van der Waals surface area contributed by atoms with Gasteiger partial charge in [0.05, 0.1) is 0 Å². The topological polar surface area (TPSA) is 108 Å².